The van der Waals surface area contributed by atoms with Gasteiger partial charge < -0.3 is 19.5 Å². The molecule has 0 aromatic heterocycles. The summed E-state index contributed by atoms with van der Waals surface area (Å²) in [5.74, 6) is -2.48. The number of benzene rings is 2. The maximum absolute atomic E-state index is 14.3. The van der Waals surface area contributed by atoms with E-state index < -0.39 is 29.3 Å². The number of nitrogens with zero attached hydrogens (tertiary/aromatic N) is 2. The normalized spacial score (nSPS) is 20.7. The molecule has 0 aliphatic carbocycles. The van der Waals surface area contributed by atoms with Crippen LogP contribution in [0, 0.1) is 12.7 Å². The topological polar surface area (TPSA) is 79.3 Å². The first-order valence-corrected chi connectivity index (χ1v) is 11.4. The van der Waals surface area contributed by atoms with Gasteiger partial charge in [-0.3, -0.25) is 14.5 Å². The Kier molecular flexibility index (Phi) is 7.29. The Morgan fingerprint density at radius 3 is 2.47 bits per heavy atom. The molecule has 7 nitrogen and oxygen atoms in total. The van der Waals surface area contributed by atoms with Crippen LogP contribution < -0.4 is 4.74 Å². The summed E-state index contributed by atoms with van der Waals surface area (Å²) < 4.78 is 24.6. The number of amides is 1. The van der Waals surface area contributed by atoms with Crippen molar-refractivity contribution in [1.29, 1.82) is 0 Å². The third kappa shape index (κ3) is 4.83. The number of aryl methyl sites for hydroxylation is 1. The molecular formula is C26H29FN2O5. The maximum atomic E-state index is 14.3. The summed E-state index contributed by atoms with van der Waals surface area (Å²) in [7, 11) is 1.35. The first-order chi connectivity index (χ1) is 16.4. The van der Waals surface area contributed by atoms with Gasteiger partial charge in [-0.1, -0.05) is 29.8 Å². The number of hydrogen-bond acceptors (Lipinski definition) is 6. The molecular weight excluding hydrogens is 439 g/mol. The second-order valence-corrected chi connectivity index (χ2v) is 8.56. The summed E-state index contributed by atoms with van der Waals surface area (Å²) in [6, 6.07) is 10.7. The van der Waals surface area contributed by atoms with E-state index in [9.17, 15) is 19.1 Å². The maximum Gasteiger partial charge on any atom is 0.295 e. The molecule has 0 saturated carbocycles. The molecule has 8 heteroatoms. The number of ketones is 1. The van der Waals surface area contributed by atoms with Crippen LogP contribution in [0.15, 0.2) is 48.0 Å². The fraction of sp³-hybridized carbons (Fsp3) is 0.385. The van der Waals surface area contributed by atoms with E-state index in [1.807, 2.05) is 31.2 Å². The molecule has 0 spiro atoms. The second-order valence-electron chi connectivity index (χ2n) is 8.56. The van der Waals surface area contributed by atoms with Crippen LogP contribution in [-0.2, 0) is 14.3 Å². The molecule has 2 aromatic rings. The molecule has 2 aromatic carbocycles. The number of rotatable bonds is 7. The summed E-state index contributed by atoms with van der Waals surface area (Å²) in [5, 5.41) is 11.1. The van der Waals surface area contributed by atoms with Crippen molar-refractivity contribution in [2.75, 3.05) is 46.5 Å². The predicted molar refractivity (Wildman–Crippen MR) is 125 cm³/mol. The van der Waals surface area contributed by atoms with Crippen molar-refractivity contribution in [3.8, 4) is 5.75 Å². The number of morpholine rings is 1. The number of ether oxygens (including phenoxy) is 2. The van der Waals surface area contributed by atoms with Crippen LogP contribution in [0.5, 0.6) is 5.75 Å². The van der Waals surface area contributed by atoms with Crippen LogP contribution in [0.2, 0.25) is 0 Å². The van der Waals surface area contributed by atoms with Gasteiger partial charge >= 0.3 is 0 Å². The highest BCUT2D eigenvalue weighted by molar-refractivity contribution is 6.46. The zero-order valence-electron chi connectivity index (χ0n) is 19.4. The first-order valence-electron chi connectivity index (χ1n) is 11.4. The Hall–Kier alpha value is -3.23. The van der Waals surface area contributed by atoms with E-state index in [1.165, 1.54) is 24.1 Å². The SMILES string of the molecule is COc1ccc(/C(O)=C2\C(=O)C(=O)N(CCCN3CCOCC3)C2c2ccc(C)cc2)cc1F. The summed E-state index contributed by atoms with van der Waals surface area (Å²) in [5.41, 5.74) is 1.82. The largest absolute Gasteiger partial charge is 0.507 e. The molecule has 2 fully saturated rings. The highest BCUT2D eigenvalue weighted by atomic mass is 19.1. The van der Waals surface area contributed by atoms with E-state index in [4.69, 9.17) is 9.47 Å². The van der Waals surface area contributed by atoms with Crippen molar-refractivity contribution in [3.05, 3.63) is 70.5 Å². The standard InChI is InChI=1S/C26H29FN2O5/c1-17-4-6-18(7-5-17)23-22(24(30)19-8-9-21(33-2)20(27)16-19)25(31)26(32)29(23)11-3-10-28-12-14-34-15-13-28/h4-9,16,23,30H,3,10-15H2,1-2H3/b24-22+. The van der Waals surface area contributed by atoms with Gasteiger partial charge in [0.1, 0.15) is 5.76 Å². The zero-order chi connectivity index (χ0) is 24.2. The van der Waals surface area contributed by atoms with Gasteiger partial charge in [0.2, 0.25) is 0 Å². The van der Waals surface area contributed by atoms with Crippen LogP contribution in [0.1, 0.15) is 29.2 Å². The van der Waals surface area contributed by atoms with Gasteiger partial charge in [-0.05, 0) is 37.1 Å². The Morgan fingerprint density at radius 2 is 1.82 bits per heavy atom. The molecule has 1 amide bonds. The molecule has 2 aliphatic rings. The number of carbonyl (C=O) groups is 2. The van der Waals surface area contributed by atoms with Gasteiger partial charge in [0.05, 0.1) is 31.9 Å². The molecule has 0 radical (unpaired) electrons. The lowest BCUT2D eigenvalue weighted by atomic mass is 9.94. The molecule has 180 valence electrons. The average Bonchev–Trinajstić information content (AvgIpc) is 3.09. The Labute approximate surface area is 198 Å². The van der Waals surface area contributed by atoms with Gasteiger partial charge in [0.15, 0.2) is 11.6 Å². The van der Waals surface area contributed by atoms with E-state index in [0.717, 1.165) is 31.3 Å². The van der Waals surface area contributed by atoms with E-state index in [-0.39, 0.29) is 16.9 Å². The molecule has 2 saturated heterocycles. The van der Waals surface area contributed by atoms with Gasteiger partial charge in [-0.25, -0.2) is 4.39 Å². The van der Waals surface area contributed by atoms with E-state index in [2.05, 4.69) is 4.90 Å². The zero-order valence-corrected chi connectivity index (χ0v) is 19.4. The molecule has 1 atom stereocenters. The molecule has 34 heavy (non-hydrogen) atoms. The van der Waals surface area contributed by atoms with Crippen molar-refractivity contribution in [3.63, 3.8) is 0 Å². The predicted octanol–water partition coefficient (Wildman–Crippen LogP) is 3.29. The summed E-state index contributed by atoms with van der Waals surface area (Å²) in [6.07, 6.45) is 0.673. The van der Waals surface area contributed by atoms with Crippen LogP contribution in [0.4, 0.5) is 4.39 Å². The van der Waals surface area contributed by atoms with Gasteiger partial charge in [0, 0.05) is 31.7 Å². The van der Waals surface area contributed by atoms with Crippen LogP contribution in [0.25, 0.3) is 5.76 Å². The lowest BCUT2D eigenvalue weighted by Crippen LogP contribution is -2.38. The number of hydrogen-bond donors (Lipinski definition) is 1. The van der Waals surface area contributed by atoms with Gasteiger partial charge in [0.25, 0.3) is 11.7 Å². The highest BCUT2D eigenvalue weighted by Gasteiger charge is 2.45. The minimum atomic E-state index is -0.773. The minimum absolute atomic E-state index is 0.0233. The van der Waals surface area contributed by atoms with Crippen LogP contribution >= 0.6 is 0 Å². The molecule has 2 heterocycles. The van der Waals surface area contributed by atoms with Crippen molar-refractivity contribution < 1.29 is 28.6 Å². The lowest BCUT2D eigenvalue weighted by Gasteiger charge is -2.29. The molecule has 1 N–H and O–H groups in total. The minimum Gasteiger partial charge on any atom is -0.507 e. The van der Waals surface area contributed by atoms with E-state index >= 15 is 0 Å². The third-order valence-corrected chi connectivity index (χ3v) is 6.34. The fourth-order valence-corrected chi connectivity index (χ4v) is 4.46. The average molecular weight is 469 g/mol. The smallest absolute Gasteiger partial charge is 0.295 e. The number of carbonyl (C=O) groups excluding carboxylic acids is 2. The Morgan fingerprint density at radius 1 is 1.12 bits per heavy atom. The van der Waals surface area contributed by atoms with Gasteiger partial charge in [-0.2, -0.15) is 0 Å². The van der Waals surface area contributed by atoms with E-state index in [1.54, 1.807) is 0 Å². The van der Waals surface area contributed by atoms with Crippen molar-refractivity contribution in [1.82, 2.24) is 9.80 Å². The second kappa shape index (κ2) is 10.4. The monoisotopic (exact) mass is 468 g/mol. The summed E-state index contributed by atoms with van der Waals surface area (Å²) in [4.78, 5) is 29.9. The quantitative estimate of drug-likeness (QED) is 0.382. The van der Waals surface area contributed by atoms with Gasteiger partial charge in [-0.15, -0.1) is 0 Å². The lowest BCUT2D eigenvalue weighted by molar-refractivity contribution is -0.140. The van der Waals surface area contributed by atoms with E-state index in [0.29, 0.717) is 31.7 Å². The number of methoxy groups -OCH3 is 1. The number of aliphatic hydroxyl groups excluding tert-OH is 1. The number of halogens is 1. The Balaban J connectivity index is 1.68. The fourth-order valence-electron chi connectivity index (χ4n) is 4.46. The number of Topliss-reactive ketones (excluding diaryl/α,β-unsaturated/α-hetero) is 1. The third-order valence-electron chi connectivity index (χ3n) is 6.34. The van der Waals surface area contributed by atoms with Crippen molar-refractivity contribution >= 4 is 17.4 Å². The number of likely N-dealkylation sites (tertiary alicyclic amines) is 1. The molecule has 0 bridgehead atoms. The van der Waals surface area contributed by atoms with Crippen molar-refractivity contribution in [2.45, 2.75) is 19.4 Å². The molecule has 4 rings (SSSR count). The van der Waals surface area contributed by atoms with Crippen molar-refractivity contribution in [2.24, 2.45) is 0 Å². The summed E-state index contributed by atoms with van der Waals surface area (Å²) in [6.45, 7) is 6.12. The highest BCUT2D eigenvalue weighted by Crippen LogP contribution is 2.40. The van der Waals surface area contributed by atoms with Crippen LogP contribution in [-0.4, -0.2) is 73.1 Å². The molecule has 1 unspecified atom stereocenters. The number of aliphatic hydroxyl groups is 1. The van der Waals surface area contributed by atoms with Crippen LogP contribution in [0.3, 0.4) is 0 Å². The Bertz CT molecular complexity index is 1090. The summed E-state index contributed by atoms with van der Waals surface area (Å²) >= 11 is 0. The first kappa shape index (κ1) is 23.9. The molecule has 2 aliphatic heterocycles.